The minimum absolute atomic E-state index is 0.125. The van der Waals surface area contributed by atoms with E-state index < -0.39 is 11.3 Å². The summed E-state index contributed by atoms with van der Waals surface area (Å²) in [7, 11) is 0. The monoisotopic (exact) mass is 483 g/mol. The Bertz CT molecular complexity index is 1390. The number of carbonyl (C=O) groups is 1. The minimum Gasteiger partial charge on any atom is -0.506 e. The van der Waals surface area contributed by atoms with E-state index in [1.807, 2.05) is 10.8 Å². The molecular weight excluding hydrogens is 466 g/mol. The number of nitriles is 1. The fraction of sp³-hybridized carbons (Fsp3) is 0.182. The summed E-state index contributed by atoms with van der Waals surface area (Å²) in [6.07, 6.45) is 6.07. The standard InChI is InChI=1S/C22H18ClN5O4S/c23-20-17(18-19(30)15(10-24)21(31)27-22(18)33-20)13-2-4-14(5-3-13)32-11-16(29)26-6-1-8-28-9-7-25-12-28/h2-5,7,9,12H,1,6,8,11H2,(H,26,29)(H2,27,30,31). The maximum absolute atomic E-state index is 12.0. The summed E-state index contributed by atoms with van der Waals surface area (Å²) in [5, 5.41) is 22.7. The van der Waals surface area contributed by atoms with Crippen LogP contribution >= 0.6 is 22.9 Å². The second-order valence-electron chi connectivity index (χ2n) is 7.06. The highest BCUT2D eigenvalue weighted by molar-refractivity contribution is 7.23. The summed E-state index contributed by atoms with van der Waals surface area (Å²) in [5.74, 6) is -0.146. The van der Waals surface area contributed by atoms with E-state index >= 15 is 0 Å². The van der Waals surface area contributed by atoms with Crippen molar-refractivity contribution >= 4 is 39.1 Å². The van der Waals surface area contributed by atoms with E-state index in [9.17, 15) is 14.7 Å². The number of hydrogen-bond acceptors (Lipinski definition) is 7. The number of fused-ring (bicyclic) bond motifs is 1. The Labute approximate surface area is 196 Å². The van der Waals surface area contributed by atoms with Crippen LogP contribution in [0.1, 0.15) is 12.0 Å². The Balaban J connectivity index is 1.40. The number of aromatic hydroxyl groups is 1. The largest absolute Gasteiger partial charge is 0.506 e. The highest BCUT2D eigenvalue weighted by Gasteiger charge is 2.21. The van der Waals surface area contributed by atoms with E-state index in [0.29, 0.717) is 38.0 Å². The highest BCUT2D eigenvalue weighted by Crippen LogP contribution is 2.45. The molecule has 3 aromatic heterocycles. The Morgan fingerprint density at radius 2 is 2.15 bits per heavy atom. The van der Waals surface area contributed by atoms with Gasteiger partial charge in [-0.05, 0) is 24.1 Å². The first-order chi connectivity index (χ1) is 16.0. The van der Waals surface area contributed by atoms with Crippen molar-refractivity contribution in [1.29, 1.82) is 5.26 Å². The van der Waals surface area contributed by atoms with Crippen LogP contribution in [-0.4, -0.2) is 38.7 Å². The van der Waals surface area contributed by atoms with Gasteiger partial charge in [0.05, 0.1) is 11.7 Å². The van der Waals surface area contributed by atoms with Crippen LogP contribution in [0, 0.1) is 11.3 Å². The lowest BCUT2D eigenvalue weighted by Crippen LogP contribution is -2.30. The van der Waals surface area contributed by atoms with Crippen molar-refractivity contribution in [3.05, 3.63) is 63.2 Å². The van der Waals surface area contributed by atoms with Crippen molar-refractivity contribution in [2.24, 2.45) is 0 Å². The van der Waals surface area contributed by atoms with Crippen molar-refractivity contribution in [2.75, 3.05) is 13.2 Å². The maximum Gasteiger partial charge on any atom is 0.270 e. The lowest BCUT2D eigenvalue weighted by molar-refractivity contribution is -0.123. The van der Waals surface area contributed by atoms with E-state index in [1.54, 1.807) is 42.9 Å². The number of nitrogens with one attached hydrogen (secondary N) is 2. The van der Waals surface area contributed by atoms with E-state index in [0.717, 1.165) is 24.3 Å². The zero-order valence-corrected chi connectivity index (χ0v) is 18.7. The second kappa shape index (κ2) is 9.77. The molecule has 0 aliphatic heterocycles. The van der Waals surface area contributed by atoms with Gasteiger partial charge in [0.1, 0.15) is 26.7 Å². The molecule has 0 saturated heterocycles. The molecule has 1 aromatic carbocycles. The number of halogens is 1. The molecule has 11 heteroatoms. The summed E-state index contributed by atoms with van der Waals surface area (Å²) in [6.45, 7) is 1.17. The molecule has 4 rings (SSSR count). The lowest BCUT2D eigenvalue weighted by Gasteiger charge is -2.09. The van der Waals surface area contributed by atoms with Gasteiger partial charge in [-0.25, -0.2) is 4.98 Å². The number of benzene rings is 1. The third-order valence-corrected chi connectivity index (χ3v) is 6.21. The molecule has 0 spiro atoms. The first-order valence-corrected chi connectivity index (χ1v) is 11.1. The molecule has 168 valence electrons. The van der Waals surface area contributed by atoms with E-state index in [-0.39, 0.29) is 18.1 Å². The summed E-state index contributed by atoms with van der Waals surface area (Å²) in [4.78, 5) is 30.8. The van der Waals surface area contributed by atoms with Gasteiger partial charge in [-0.1, -0.05) is 23.7 Å². The maximum atomic E-state index is 12.0. The Morgan fingerprint density at radius 1 is 1.36 bits per heavy atom. The Hall–Kier alpha value is -3.81. The number of H-pyrrole nitrogens is 1. The van der Waals surface area contributed by atoms with Gasteiger partial charge in [0.15, 0.2) is 12.2 Å². The number of aromatic amines is 1. The molecule has 1 amide bonds. The van der Waals surface area contributed by atoms with E-state index in [1.165, 1.54) is 0 Å². The number of hydrogen-bond donors (Lipinski definition) is 3. The molecular formula is C22H18ClN5O4S. The Kier molecular flexibility index (Phi) is 6.63. The van der Waals surface area contributed by atoms with Crippen LogP contribution in [0.5, 0.6) is 11.5 Å². The van der Waals surface area contributed by atoms with Crippen LogP contribution in [0.25, 0.3) is 21.3 Å². The quantitative estimate of drug-likeness (QED) is 0.329. The van der Waals surface area contributed by atoms with Gasteiger partial charge in [-0.3, -0.25) is 9.59 Å². The molecule has 0 unspecified atom stereocenters. The summed E-state index contributed by atoms with van der Waals surface area (Å²) in [6, 6.07) is 8.51. The van der Waals surface area contributed by atoms with Crippen LogP contribution < -0.4 is 15.6 Å². The summed E-state index contributed by atoms with van der Waals surface area (Å²) in [5.41, 5.74) is 0.128. The number of pyridine rings is 1. The van der Waals surface area contributed by atoms with Gasteiger partial charge in [0, 0.05) is 31.0 Å². The predicted octanol–water partition coefficient (Wildman–Crippen LogP) is 3.27. The normalized spacial score (nSPS) is 10.8. The van der Waals surface area contributed by atoms with Crippen molar-refractivity contribution in [2.45, 2.75) is 13.0 Å². The van der Waals surface area contributed by atoms with Crippen LogP contribution in [0.2, 0.25) is 4.34 Å². The zero-order valence-electron chi connectivity index (χ0n) is 17.2. The number of nitrogens with zero attached hydrogens (tertiary/aromatic N) is 3. The molecule has 0 bridgehead atoms. The smallest absolute Gasteiger partial charge is 0.270 e. The summed E-state index contributed by atoms with van der Waals surface area (Å²) >= 11 is 7.47. The predicted molar refractivity (Wildman–Crippen MR) is 125 cm³/mol. The SMILES string of the molecule is N#Cc1c(O)c2c(-c3ccc(OCC(=O)NCCCn4ccnc4)cc3)c(Cl)sc2[nH]c1=O. The number of carbonyl (C=O) groups excluding carboxylic acids is 1. The number of rotatable bonds is 8. The third-order valence-electron chi connectivity index (χ3n) is 4.89. The van der Waals surface area contributed by atoms with Crippen molar-refractivity contribution in [1.82, 2.24) is 19.9 Å². The molecule has 0 aliphatic rings. The average Bonchev–Trinajstić information content (AvgIpc) is 3.43. The molecule has 0 atom stereocenters. The van der Waals surface area contributed by atoms with Gasteiger partial charge in [-0.15, -0.1) is 11.3 Å². The molecule has 3 heterocycles. The first-order valence-electron chi connectivity index (χ1n) is 9.91. The van der Waals surface area contributed by atoms with Gasteiger partial charge in [0.2, 0.25) is 0 Å². The molecule has 0 saturated carbocycles. The fourth-order valence-electron chi connectivity index (χ4n) is 3.30. The van der Waals surface area contributed by atoms with E-state index in [2.05, 4.69) is 15.3 Å². The fourth-order valence-corrected chi connectivity index (χ4v) is 4.68. The number of aromatic nitrogens is 3. The zero-order chi connectivity index (χ0) is 23.4. The van der Waals surface area contributed by atoms with Crippen molar-refractivity contribution < 1.29 is 14.6 Å². The number of aryl methyl sites for hydroxylation is 1. The third kappa shape index (κ3) is 4.84. The van der Waals surface area contributed by atoms with Crippen molar-refractivity contribution in [3.63, 3.8) is 0 Å². The number of amides is 1. The first kappa shape index (κ1) is 22.4. The van der Waals surface area contributed by atoms with Crippen LogP contribution in [0.15, 0.2) is 47.8 Å². The molecule has 9 nitrogen and oxygen atoms in total. The topological polar surface area (TPSA) is 133 Å². The average molecular weight is 484 g/mol. The second-order valence-corrected chi connectivity index (χ2v) is 8.68. The van der Waals surface area contributed by atoms with Crippen molar-refractivity contribution in [3.8, 4) is 28.7 Å². The molecule has 0 aliphatic carbocycles. The molecule has 4 aromatic rings. The molecule has 3 N–H and O–H groups in total. The lowest BCUT2D eigenvalue weighted by atomic mass is 10.0. The van der Waals surface area contributed by atoms with Crippen LogP contribution in [0.4, 0.5) is 0 Å². The number of imidazole rings is 1. The van der Waals surface area contributed by atoms with Gasteiger partial charge in [0.25, 0.3) is 11.5 Å². The van der Waals surface area contributed by atoms with Gasteiger partial charge in [-0.2, -0.15) is 5.26 Å². The summed E-state index contributed by atoms with van der Waals surface area (Å²) < 4.78 is 7.83. The molecule has 33 heavy (non-hydrogen) atoms. The Morgan fingerprint density at radius 3 is 2.85 bits per heavy atom. The van der Waals surface area contributed by atoms with Gasteiger partial charge < -0.3 is 24.7 Å². The van der Waals surface area contributed by atoms with E-state index in [4.69, 9.17) is 21.6 Å². The van der Waals surface area contributed by atoms with Crippen LogP contribution in [-0.2, 0) is 11.3 Å². The van der Waals surface area contributed by atoms with Gasteiger partial charge >= 0.3 is 0 Å². The molecule has 0 fully saturated rings. The minimum atomic E-state index is -0.671. The van der Waals surface area contributed by atoms with Crippen LogP contribution in [0.3, 0.4) is 0 Å². The molecule has 0 radical (unpaired) electrons. The number of ether oxygens (including phenoxy) is 1. The highest BCUT2D eigenvalue weighted by atomic mass is 35.5. The number of thiophene rings is 1.